The molecule has 3 heteroatoms. The highest BCUT2D eigenvalue weighted by Crippen LogP contribution is 2.39. The summed E-state index contributed by atoms with van der Waals surface area (Å²) in [5, 5.41) is 0. The van der Waals surface area contributed by atoms with Gasteiger partial charge in [-0.05, 0) is 43.0 Å². The van der Waals surface area contributed by atoms with Gasteiger partial charge in [-0.2, -0.15) is 0 Å². The standard InChI is InChI=1S/C16H19N3/c1-12-5-2-7-14(17)16(12)19-10-4-8-15(19)13-6-3-9-18-11-13/h2-3,5-7,9,11,15H,4,8,10,17H2,1H3. The van der Waals surface area contributed by atoms with Gasteiger partial charge in [-0.3, -0.25) is 4.98 Å². The molecule has 0 saturated carbocycles. The van der Waals surface area contributed by atoms with E-state index in [4.69, 9.17) is 5.73 Å². The van der Waals surface area contributed by atoms with Crippen molar-refractivity contribution in [1.82, 2.24) is 4.98 Å². The van der Waals surface area contributed by atoms with E-state index in [0.29, 0.717) is 6.04 Å². The molecule has 2 aromatic rings. The highest BCUT2D eigenvalue weighted by Gasteiger charge is 2.28. The van der Waals surface area contributed by atoms with E-state index in [2.05, 4.69) is 28.9 Å². The molecule has 3 nitrogen and oxygen atoms in total. The largest absolute Gasteiger partial charge is 0.397 e. The average Bonchev–Trinajstić information content (AvgIpc) is 2.89. The van der Waals surface area contributed by atoms with Crippen LogP contribution in [0.25, 0.3) is 0 Å². The Hall–Kier alpha value is -2.03. The fraction of sp³-hybridized carbons (Fsp3) is 0.312. The second-order valence-electron chi connectivity index (χ2n) is 5.15. The molecule has 2 N–H and O–H groups in total. The number of nitrogen functional groups attached to an aromatic ring is 1. The summed E-state index contributed by atoms with van der Waals surface area (Å²) in [5.41, 5.74) is 10.8. The number of hydrogen-bond acceptors (Lipinski definition) is 3. The molecule has 0 spiro atoms. The third-order valence-electron chi connectivity index (χ3n) is 3.88. The molecular weight excluding hydrogens is 234 g/mol. The Balaban J connectivity index is 2.00. The molecule has 1 fully saturated rings. The number of nitrogens with two attached hydrogens (primary N) is 1. The summed E-state index contributed by atoms with van der Waals surface area (Å²) in [6, 6.07) is 10.7. The maximum absolute atomic E-state index is 6.18. The van der Waals surface area contributed by atoms with Gasteiger partial charge in [0.1, 0.15) is 0 Å². The first-order valence-electron chi connectivity index (χ1n) is 6.79. The highest BCUT2D eigenvalue weighted by molar-refractivity contribution is 5.72. The van der Waals surface area contributed by atoms with Crippen LogP contribution in [0.4, 0.5) is 11.4 Å². The number of aromatic nitrogens is 1. The third kappa shape index (κ3) is 2.16. The summed E-state index contributed by atoms with van der Waals surface area (Å²) in [7, 11) is 0. The molecule has 3 rings (SSSR count). The summed E-state index contributed by atoms with van der Waals surface area (Å²) in [6.45, 7) is 3.19. The smallest absolute Gasteiger partial charge is 0.0634 e. The number of anilines is 2. The van der Waals surface area contributed by atoms with Crippen molar-refractivity contribution < 1.29 is 0 Å². The minimum atomic E-state index is 0.400. The number of rotatable bonds is 2. The fourth-order valence-corrected chi connectivity index (χ4v) is 3.03. The van der Waals surface area contributed by atoms with Gasteiger partial charge in [-0.1, -0.05) is 18.2 Å². The lowest BCUT2D eigenvalue weighted by molar-refractivity contribution is 0.715. The van der Waals surface area contributed by atoms with Crippen molar-refractivity contribution in [3.05, 3.63) is 53.9 Å². The van der Waals surface area contributed by atoms with Crippen LogP contribution in [0.2, 0.25) is 0 Å². The second kappa shape index (κ2) is 4.92. The molecule has 98 valence electrons. The number of nitrogens with zero attached hydrogens (tertiary/aromatic N) is 2. The summed E-state index contributed by atoms with van der Waals surface area (Å²) in [4.78, 5) is 6.68. The predicted octanol–water partition coefficient (Wildman–Crippen LogP) is 3.31. The Bertz CT molecular complexity index is 545. The Morgan fingerprint density at radius 2 is 2.16 bits per heavy atom. The van der Waals surface area contributed by atoms with E-state index in [-0.39, 0.29) is 0 Å². The minimum absolute atomic E-state index is 0.400. The van der Waals surface area contributed by atoms with Crippen LogP contribution in [0, 0.1) is 6.92 Å². The number of hydrogen-bond donors (Lipinski definition) is 1. The summed E-state index contributed by atoms with van der Waals surface area (Å²) >= 11 is 0. The van der Waals surface area contributed by atoms with E-state index >= 15 is 0 Å². The highest BCUT2D eigenvalue weighted by atomic mass is 15.2. The lowest BCUT2D eigenvalue weighted by Gasteiger charge is -2.29. The van der Waals surface area contributed by atoms with E-state index in [1.165, 1.54) is 29.7 Å². The van der Waals surface area contributed by atoms with Gasteiger partial charge in [0, 0.05) is 18.9 Å². The van der Waals surface area contributed by atoms with Crippen LogP contribution in [-0.2, 0) is 0 Å². The van der Waals surface area contributed by atoms with E-state index in [1.807, 2.05) is 30.6 Å². The van der Waals surface area contributed by atoms with E-state index < -0.39 is 0 Å². The van der Waals surface area contributed by atoms with Crippen LogP contribution in [0.15, 0.2) is 42.7 Å². The average molecular weight is 253 g/mol. The lowest BCUT2D eigenvalue weighted by atomic mass is 10.0. The molecule has 1 aliphatic heterocycles. The topological polar surface area (TPSA) is 42.1 Å². The molecule has 0 amide bonds. The zero-order chi connectivity index (χ0) is 13.2. The molecule has 19 heavy (non-hydrogen) atoms. The van der Waals surface area contributed by atoms with Crippen molar-refractivity contribution in [1.29, 1.82) is 0 Å². The van der Waals surface area contributed by atoms with Crippen molar-refractivity contribution in [2.24, 2.45) is 0 Å². The van der Waals surface area contributed by atoms with Gasteiger partial charge in [0.15, 0.2) is 0 Å². The van der Waals surface area contributed by atoms with Crippen LogP contribution in [0.3, 0.4) is 0 Å². The Morgan fingerprint density at radius 1 is 1.26 bits per heavy atom. The van der Waals surface area contributed by atoms with Crippen LogP contribution in [0.5, 0.6) is 0 Å². The first kappa shape index (κ1) is 12.0. The maximum Gasteiger partial charge on any atom is 0.0634 e. The molecule has 0 aliphatic carbocycles. The Kier molecular flexibility index (Phi) is 3.11. The van der Waals surface area contributed by atoms with Crippen molar-refractivity contribution in [3.8, 4) is 0 Å². The normalized spacial score (nSPS) is 18.8. The number of para-hydroxylation sites is 1. The predicted molar refractivity (Wildman–Crippen MR) is 79.1 cm³/mol. The lowest BCUT2D eigenvalue weighted by Crippen LogP contribution is -2.24. The summed E-state index contributed by atoms with van der Waals surface area (Å²) in [5.74, 6) is 0. The molecule has 0 radical (unpaired) electrons. The van der Waals surface area contributed by atoms with Gasteiger partial charge in [0.2, 0.25) is 0 Å². The zero-order valence-electron chi connectivity index (χ0n) is 11.2. The zero-order valence-corrected chi connectivity index (χ0v) is 11.2. The van der Waals surface area contributed by atoms with Gasteiger partial charge in [0.05, 0.1) is 17.4 Å². The van der Waals surface area contributed by atoms with Crippen molar-refractivity contribution in [2.45, 2.75) is 25.8 Å². The monoisotopic (exact) mass is 253 g/mol. The Labute approximate surface area is 114 Å². The molecule has 1 aromatic carbocycles. The quantitative estimate of drug-likeness (QED) is 0.835. The molecule has 1 atom stereocenters. The molecule has 0 bridgehead atoms. The molecule has 1 saturated heterocycles. The van der Waals surface area contributed by atoms with E-state index in [0.717, 1.165) is 12.2 Å². The van der Waals surface area contributed by atoms with Gasteiger partial charge in [-0.25, -0.2) is 0 Å². The van der Waals surface area contributed by atoms with E-state index in [1.54, 1.807) is 0 Å². The van der Waals surface area contributed by atoms with Crippen LogP contribution in [0.1, 0.15) is 30.0 Å². The van der Waals surface area contributed by atoms with Crippen LogP contribution >= 0.6 is 0 Å². The summed E-state index contributed by atoms with van der Waals surface area (Å²) < 4.78 is 0. The van der Waals surface area contributed by atoms with Gasteiger partial charge in [0.25, 0.3) is 0 Å². The van der Waals surface area contributed by atoms with Gasteiger partial charge < -0.3 is 10.6 Å². The first-order valence-corrected chi connectivity index (χ1v) is 6.79. The fourth-order valence-electron chi connectivity index (χ4n) is 3.03. The van der Waals surface area contributed by atoms with Crippen molar-refractivity contribution in [2.75, 3.05) is 17.2 Å². The summed E-state index contributed by atoms with van der Waals surface area (Å²) in [6.07, 6.45) is 6.16. The van der Waals surface area contributed by atoms with Crippen LogP contribution < -0.4 is 10.6 Å². The molecule has 2 heterocycles. The third-order valence-corrected chi connectivity index (χ3v) is 3.88. The van der Waals surface area contributed by atoms with Gasteiger partial charge >= 0.3 is 0 Å². The minimum Gasteiger partial charge on any atom is -0.397 e. The van der Waals surface area contributed by atoms with E-state index in [9.17, 15) is 0 Å². The molecule has 1 aliphatic rings. The SMILES string of the molecule is Cc1cccc(N)c1N1CCCC1c1cccnc1. The number of benzene rings is 1. The maximum atomic E-state index is 6.18. The Morgan fingerprint density at radius 3 is 2.89 bits per heavy atom. The second-order valence-corrected chi connectivity index (χ2v) is 5.15. The molecule has 1 unspecified atom stereocenters. The first-order chi connectivity index (χ1) is 9.27. The molecule has 1 aromatic heterocycles. The number of pyridine rings is 1. The van der Waals surface area contributed by atoms with Crippen molar-refractivity contribution >= 4 is 11.4 Å². The van der Waals surface area contributed by atoms with Crippen LogP contribution in [-0.4, -0.2) is 11.5 Å². The number of aryl methyl sites for hydroxylation is 1. The van der Waals surface area contributed by atoms with Crippen molar-refractivity contribution in [3.63, 3.8) is 0 Å². The van der Waals surface area contributed by atoms with Gasteiger partial charge in [-0.15, -0.1) is 0 Å². The molecular formula is C16H19N3.